The van der Waals surface area contributed by atoms with Gasteiger partial charge in [-0.2, -0.15) is 0 Å². The van der Waals surface area contributed by atoms with Gasteiger partial charge in [0.1, 0.15) is 12.6 Å². The molecule has 0 saturated carbocycles. The number of hydrogen-bond donors (Lipinski definition) is 3. The summed E-state index contributed by atoms with van der Waals surface area (Å²) in [6.07, 6.45) is -7.33. The smallest absolute Gasteiger partial charge is 0.408 e. The molecule has 3 N–H and O–H groups in total. The number of thiophene rings is 1. The summed E-state index contributed by atoms with van der Waals surface area (Å²) in [5, 5.41) is 6.77. The molecule has 206 valence electrons. The maximum atomic E-state index is 13.8. The average molecular weight is 581 g/mol. The van der Waals surface area contributed by atoms with Crippen LogP contribution in [0.15, 0.2) is 30.3 Å². The molecule has 0 aliphatic carbocycles. The highest BCUT2D eigenvalue weighted by Gasteiger charge is 2.27. The van der Waals surface area contributed by atoms with Crippen molar-refractivity contribution < 1.29 is 46.2 Å². The van der Waals surface area contributed by atoms with Gasteiger partial charge in [-0.1, -0.05) is 11.6 Å². The number of anilines is 2. The average Bonchev–Trinajstić information content (AvgIpc) is 3.31. The number of ether oxygens (including phenoxy) is 2. The molecule has 4 amide bonds. The topological polar surface area (TPSA) is 126 Å². The fourth-order valence-electron chi connectivity index (χ4n) is 3.31. The summed E-state index contributed by atoms with van der Waals surface area (Å²) in [4.78, 5) is 50.6. The summed E-state index contributed by atoms with van der Waals surface area (Å²) < 4.78 is 62.0. The van der Waals surface area contributed by atoms with E-state index in [1.807, 2.05) is 0 Å². The van der Waals surface area contributed by atoms with Crippen LogP contribution in [0.3, 0.4) is 0 Å². The predicted molar refractivity (Wildman–Crippen MR) is 129 cm³/mol. The van der Waals surface area contributed by atoms with Crippen LogP contribution in [-0.4, -0.2) is 69.2 Å². The summed E-state index contributed by atoms with van der Waals surface area (Å²) in [7, 11) is 0. The first-order valence-electron chi connectivity index (χ1n) is 10.9. The van der Waals surface area contributed by atoms with Gasteiger partial charge < -0.3 is 30.3 Å². The highest BCUT2D eigenvalue weighted by molar-refractivity contribution is 7.18. The van der Waals surface area contributed by atoms with Crippen LogP contribution in [0, 0.1) is 0 Å². The van der Waals surface area contributed by atoms with Gasteiger partial charge >= 0.3 is 6.09 Å². The maximum absolute atomic E-state index is 13.8. The first-order valence-corrected chi connectivity index (χ1v) is 12.1. The number of nitrogens with one attached hydrogen (secondary N) is 3. The zero-order valence-corrected chi connectivity index (χ0v) is 20.9. The standard InChI is InChI=1S/C22H21ClF4N4O6S/c23-16-4-3-15(38-16)21(34)28-8-13(30-22(35)37-9-17(24)25)20(33)29-11-1-2-14(12(7-11)19(26)27)31-5-6-36-10-18(31)32/h1-4,7,13,17,19H,5-6,8-10H2,(H,28,34)(H,29,33)(H,30,35)/t13-/m0/s1. The van der Waals surface area contributed by atoms with Gasteiger partial charge in [-0.3, -0.25) is 14.4 Å². The second-order valence-electron chi connectivity index (χ2n) is 7.66. The van der Waals surface area contributed by atoms with Crippen LogP contribution in [0.1, 0.15) is 21.7 Å². The highest BCUT2D eigenvalue weighted by atomic mass is 35.5. The SMILES string of the molecule is O=C(N[C@@H](CNC(=O)c1ccc(Cl)s1)C(=O)Nc1ccc(N2CCOCC2=O)c(C(F)F)c1)OCC(F)F. The number of halogens is 5. The van der Waals surface area contributed by atoms with Crippen LogP contribution in [-0.2, 0) is 19.1 Å². The number of morpholine rings is 1. The first kappa shape index (κ1) is 29.1. The van der Waals surface area contributed by atoms with Crippen LogP contribution in [0.5, 0.6) is 0 Å². The van der Waals surface area contributed by atoms with E-state index in [0.717, 1.165) is 22.3 Å². The van der Waals surface area contributed by atoms with Crippen LogP contribution < -0.4 is 20.9 Å². The molecular weight excluding hydrogens is 560 g/mol. The van der Waals surface area contributed by atoms with E-state index >= 15 is 0 Å². The highest BCUT2D eigenvalue weighted by Crippen LogP contribution is 2.33. The van der Waals surface area contributed by atoms with Gasteiger partial charge in [0.2, 0.25) is 5.91 Å². The van der Waals surface area contributed by atoms with Crippen LogP contribution in [0.2, 0.25) is 4.34 Å². The predicted octanol–water partition coefficient (Wildman–Crippen LogP) is 3.43. The van der Waals surface area contributed by atoms with Gasteiger partial charge in [-0.05, 0) is 30.3 Å². The van der Waals surface area contributed by atoms with Crippen molar-refractivity contribution in [2.45, 2.75) is 18.9 Å². The van der Waals surface area contributed by atoms with Crippen molar-refractivity contribution in [1.82, 2.24) is 10.6 Å². The molecule has 0 bridgehead atoms. The summed E-state index contributed by atoms with van der Waals surface area (Å²) in [5.74, 6) is -2.12. The van der Waals surface area contributed by atoms with E-state index in [4.69, 9.17) is 16.3 Å². The molecule has 1 saturated heterocycles. The summed E-state index contributed by atoms with van der Waals surface area (Å²) in [6, 6.07) is 4.80. The molecule has 1 fully saturated rings. The minimum absolute atomic E-state index is 0.0570. The number of rotatable bonds is 10. The fraction of sp³-hybridized carbons (Fsp3) is 0.364. The third-order valence-corrected chi connectivity index (χ3v) is 6.25. The molecule has 1 aromatic heterocycles. The Kier molecular flexibility index (Phi) is 10.3. The van der Waals surface area contributed by atoms with Gasteiger partial charge in [-0.25, -0.2) is 22.4 Å². The molecule has 2 aromatic rings. The molecular formula is C22H21ClF4N4O6S. The Hall–Kier alpha value is -3.43. The van der Waals surface area contributed by atoms with Crippen LogP contribution >= 0.6 is 22.9 Å². The minimum Gasteiger partial charge on any atom is -0.443 e. The molecule has 1 aliphatic rings. The monoisotopic (exact) mass is 580 g/mol. The second-order valence-corrected chi connectivity index (χ2v) is 9.38. The van der Waals surface area contributed by atoms with Crippen molar-refractivity contribution in [3.05, 3.63) is 45.1 Å². The third-order valence-electron chi connectivity index (χ3n) is 5.02. The molecule has 0 spiro atoms. The van der Waals surface area contributed by atoms with Gasteiger partial charge in [-0.15, -0.1) is 11.3 Å². The van der Waals surface area contributed by atoms with Crippen LogP contribution in [0.4, 0.5) is 33.7 Å². The minimum atomic E-state index is -3.01. The molecule has 1 atom stereocenters. The van der Waals surface area contributed by atoms with Crippen molar-refractivity contribution >= 4 is 58.1 Å². The van der Waals surface area contributed by atoms with Crippen molar-refractivity contribution in [2.24, 2.45) is 0 Å². The fourth-order valence-corrected chi connectivity index (χ4v) is 4.26. The van der Waals surface area contributed by atoms with Gasteiger partial charge in [0, 0.05) is 24.3 Å². The number of benzene rings is 1. The largest absolute Gasteiger partial charge is 0.443 e. The summed E-state index contributed by atoms with van der Waals surface area (Å²) >= 11 is 6.75. The molecule has 16 heteroatoms. The molecule has 1 aliphatic heterocycles. The van der Waals surface area contributed by atoms with E-state index < -0.39 is 61.4 Å². The number of hydrogen-bond acceptors (Lipinski definition) is 7. The van der Waals surface area contributed by atoms with Gasteiger partial charge in [0.15, 0.2) is 6.61 Å². The van der Waals surface area contributed by atoms with E-state index in [1.165, 1.54) is 24.3 Å². The number of alkyl carbamates (subject to hydrolysis) is 1. The molecule has 38 heavy (non-hydrogen) atoms. The lowest BCUT2D eigenvalue weighted by molar-refractivity contribution is -0.125. The second kappa shape index (κ2) is 13.4. The Morgan fingerprint density at radius 3 is 2.55 bits per heavy atom. The number of carbonyl (C=O) groups excluding carboxylic acids is 4. The van der Waals surface area contributed by atoms with Crippen molar-refractivity contribution in [1.29, 1.82) is 0 Å². The van der Waals surface area contributed by atoms with E-state index in [-0.39, 0.29) is 36.0 Å². The number of alkyl halides is 4. The Bertz CT molecular complexity index is 1180. The lowest BCUT2D eigenvalue weighted by Gasteiger charge is -2.29. The van der Waals surface area contributed by atoms with E-state index in [1.54, 1.807) is 0 Å². The van der Waals surface area contributed by atoms with E-state index in [0.29, 0.717) is 4.34 Å². The normalized spacial score (nSPS) is 14.4. The zero-order chi connectivity index (χ0) is 27.8. The Morgan fingerprint density at radius 1 is 1.16 bits per heavy atom. The van der Waals surface area contributed by atoms with Crippen molar-refractivity contribution in [3.63, 3.8) is 0 Å². The van der Waals surface area contributed by atoms with Gasteiger partial charge in [0.05, 0.1) is 21.5 Å². The number of amides is 4. The Balaban J connectivity index is 1.75. The molecule has 0 radical (unpaired) electrons. The maximum Gasteiger partial charge on any atom is 0.408 e. The zero-order valence-electron chi connectivity index (χ0n) is 19.3. The Morgan fingerprint density at radius 2 is 1.92 bits per heavy atom. The lowest BCUT2D eigenvalue weighted by Crippen LogP contribution is -2.50. The third kappa shape index (κ3) is 8.03. The molecule has 1 aromatic carbocycles. The van der Waals surface area contributed by atoms with E-state index in [2.05, 4.69) is 20.7 Å². The van der Waals surface area contributed by atoms with Crippen LogP contribution in [0.25, 0.3) is 0 Å². The first-order chi connectivity index (χ1) is 18.0. The lowest BCUT2D eigenvalue weighted by atomic mass is 10.1. The summed E-state index contributed by atoms with van der Waals surface area (Å²) in [5.41, 5.74) is -0.709. The molecule has 3 rings (SSSR count). The number of nitrogens with zero attached hydrogens (tertiary/aromatic N) is 1. The quantitative estimate of drug-likeness (QED) is 0.370. The van der Waals surface area contributed by atoms with Crippen molar-refractivity contribution in [3.8, 4) is 0 Å². The molecule has 2 heterocycles. The Labute approximate surface area is 222 Å². The van der Waals surface area contributed by atoms with Crippen molar-refractivity contribution in [2.75, 3.05) is 43.1 Å². The van der Waals surface area contributed by atoms with E-state index in [9.17, 15) is 36.7 Å². The molecule has 0 unspecified atom stereocenters. The summed E-state index contributed by atoms with van der Waals surface area (Å²) in [6.45, 7) is -1.79. The number of carbonyl (C=O) groups is 4. The van der Waals surface area contributed by atoms with Gasteiger partial charge in [0.25, 0.3) is 24.7 Å². The molecule has 10 nitrogen and oxygen atoms in total.